The Labute approximate surface area is 109 Å². The second kappa shape index (κ2) is 5.38. The van der Waals surface area contributed by atoms with E-state index in [2.05, 4.69) is 15.5 Å². The van der Waals surface area contributed by atoms with Crippen molar-refractivity contribution in [1.82, 2.24) is 20.1 Å². The van der Waals surface area contributed by atoms with Crippen molar-refractivity contribution in [3.05, 3.63) is 41.5 Å². The zero-order valence-corrected chi connectivity index (χ0v) is 10.4. The van der Waals surface area contributed by atoms with Crippen molar-refractivity contribution in [2.24, 2.45) is 0 Å². The van der Waals surface area contributed by atoms with E-state index in [1.165, 1.54) is 4.57 Å². The summed E-state index contributed by atoms with van der Waals surface area (Å²) in [6, 6.07) is 3.22. The smallest absolute Gasteiger partial charge is 0.323 e. The van der Waals surface area contributed by atoms with E-state index in [0.717, 1.165) is 11.3 Å². The average Bonchev–Trinajstić information content (AvgIpc) is 2.95. The predicted molar refractivity (Wildman–Crippen MR) is 66.6 cm³/mol. The van der Waals surface area contributed by atoms with Gasteiger partial charge in [0.15, 0.2) is 0 Å². The van der Waals surface area contributed by atoms with Crippen LogP contribution in [0.5, 0.6) is 0 Å². The number of carboxylic acids is 1. The fourth-order valence-corrected chi connectivity index (χ4v) is 1.72. The Morgan fingerprint density at radius 3 is 2.95 bits per heavy atom. The third kappa shape index (κ3) is 3.01. The van der Waals surface area contributed by atoms with Crippen LogP contribution in [0.1, 0.15) is 21.7 Å². The molecule has 2 aromatic heterocycles. The number of rotatable bonds is 5. The first-order valence-electron chi connectivity index (χ1n) is 5.72. The van der Waals surface area contributed by atoms with Crippen molar-refractivity contribution in [2.75, 3.05) is 0 Å². The molecule has 100 valence electrons. The SMILES string of the molecule is Cc1[nH]ncc1CNC(=O)c1cccn1CC(=O)O. The quantitative estimate of drug-likeness (QED) is 0.732. The van der Waals surface area contributed by atoms with E-state index in [-0.39, 0.29) is 12.5 Å². The zero-order valence-electron chi connectivity index (χ0n) is 10.4. The molecule has 0 fully saturated rings. The van der Waals surface area contributed by atoms with E-state index >= 15 is 0 Å². The van der Waals surface area contributed by atoms with Crippen LogP contribution in [-0.4, -0.2) is 31.7 Å². The van der Waals surface area contributed by atoms with Crippen LogP contribution in [0.3, 0.4) is 0 Å². The molecule has 19 heavy (non-hydrogen) atoms. The number of hydrogen-bond acceptors (Lipinski definition) is 3. The van der Waals surface area contributed by atoms with Gasteiger partial charge in [-0.1, -0.05) is 0 Å². The van der Waals surface area contributed by atoms with Crippen LogP contribution >= 0.6 is 0 Å². The van der Waals surface area contributed by atoms with Gasteiger partial charge in [0.25, 0.3) is 5.91 Å². The number of amides is 1. The van der Waals surface area contributed by atoms with Crippen molar-refractivity contribution >= 4 is 11.9 Å². The Hall–Kier alpha value is -2.57. The average molecular weight is 262 g/mol. The molecule has 7 heteroatoms. The number of hydrogen-bond donors (Lipinski definition) is 3. The second-order valence-electron chi connectivity index (χ2n) is 4.12. The van der Waals surface area contributed by atoms with Gasteiger partial charge in [0.2, 0.25) is 0 Å². The van der Waals surface area contributed by atoms with E-state index in [1.807, 2.05) is 6.92 Å². The summed E-state index contributed by atoms with van der Waals surface area (Å²) in [5.74, 6) is -1.30. The van der Waals surface area contributed by atoms with Crippen LogP contribution < -0.4 is 5.32 Å². The molecule has 0 aliphatic heterocycles. The van der Waals surface area contributed by atoms with Crippen LogP contribution in [0, 0.1) is 6.92 Å². The summed E-state index contributed by atoms with van der Waals surface area (Å²) in [6.45, 7) is 1.97. The lowest BCUT2D eigenvalue weighted by Crippen LogP contribution is -2.26. The molecule has 0 aliphatic rings. The molecule has 0 spiro atoms. The molecule has 2 heterocycles. The molecular formula is C12H14N4O3. The van der Waals surface area contributed by atoms with Gasteiger partial charge in [-0.05, 0) is 19.1 Å². The highest BCUT2D eigenvalue weighted by Gasteiger charge is 2.12. The highest BCUT2D eigenvalue weighted by molar-refractivity contribution is 5.93. The maximum Gasteiger partial charge on any atom is 0.323 e. The highest BCUT2D eigenvalue weighted by atomic mass is 16.4. The number of aryl methyl sites for hydroxylation is 1. The van der Waals surface area contributed by atoms with Gasteiger partial charge in [0, 0.05) is 24.0 Å². The molecule has 0 saturated heterocycles. The molecule has 0 aliphatic carbocycles. The minimum atomic E-state index is -0.990. The van der Waals surface area contributed by atoms with Crippen molar-refractivity contribution < 1.29 is 14.7 Å². The van der Waals surface area contributed by atoms with Gasteiger partial charge < -0.3 is 15.0 Å². The van der Waals surface area contributed by atoms with Crippen LogP contribution in [0.25, 0.3) is 0 Å². The first-order valence-corrected chi connectivity index (χ1v) is 5.72. The second-order valence-corrected chi connectivity index (χ2v) is 4.12. The number of carbonyl (C=O) groups excluding carboxylic acids is 1. The molecule has 2 rings (SSSR count). The Kier molecular flexibility index (Phi) is 3.65. The molecule has 7 nitrogen and oxygen atoms in total. The van der Waals surface area contributed by atoms with Gasteiger partial charge in [-0.15, -0.1) is 0 Å². The van der Waals surface area contributed by atoms with E-state index in [1.54, 1.807) is 24.5 Å². The van der Waals surface area contributed by atoms with E-state index in [4.69, 9.17) is 5.11 Å². The Balaban J connectivity index is 2.02. The van der Waals surface area contributed by atoms with Crippen LogP contribution in [0.4, 0.5) is 0 Å². The first kappa shape index (κ1) is 12.9. The van der Waals surface area contributed by atoms with Gasteiger partial charge in [0.05, 0.1) is 6.20 Å². The summed E-state index contributed by atoms with van der Waals surface area (Å²) in [6.07, 6.45) is 3.21. The van der Waals surface area contributed by atoms with Gasteiger partial charge in [-0.3, -0.25) is 14.7 Å². The van der Waals surface area contributed by atoms with Gasteiger partial charge >= 0.3 is 5.97 Å². The molecule has 0 saturated carbocycles. The Morgan fingerprint density at radius 1 is 1.53 bits per heavy atom. The highest BCUT2D eigenvalue weighted by Crippen LogP contribution is 2.05. The molecular weight excluding hydrogens is 248 g/mol. The summed E-state index contributed by atoms with van der Waals surface area (Å²) in [7, 11) is 0. The number of carbonyl (C=O) groups is 2. The topological polar surface area (TPSA) is 100 Å². The fraction of sp³-hybridized carbons (Fsp3) is 0.250. The number of nitrogens with zero attached hydrogens (tertiary/aromatic N) is 2. The summed E-state index contributed by atoms with van der Waals surface area (Å²) < 4.78 is 1.39. The lowest BCUT2D eigenvalue weighted by molar-refractivity contribution is -0.137. The van der Waals surface area contributed by atoms with Crippen molar-refractivity contribution in [3.8, 4) is 0 Å². The minimum Gasteiger partial charge on any atom is -0.480 e. The molecule has 0 aromatic carbocycles. The van der Waals surface area contributed by atoms with Gasteiger partial charge in [-0.25, -0.2) is 0 Å². The number of H-pyrrole nitrogens is 1. The summed E-state index contributed by atoms with van der Waals surface area (Å²) in [5, 5.41) is 18.1. The molecule has 0 atom stereocenters. The summed E-state index contributed by atoms with van der Waals surface area (Å²) in [4.78, 5) is 22.6. The Morgan fingerprint density at radius 2 is 2.32 bits per heavy atom. The van der Waals surface area contributed by atoms with Crippen LogP contribution in [0.15, 0.2) is 24.5 Å². The van der Waals surface area contributed by atoms with Crippen LogP contribution in [0.2, 0.25) is 0 Å². The van der Waals surface area contributed by atoms with Crippen LogP contribution in [-0.2, 0) is 17.9 Å². The predicted octanol–water partition coefficient (Wildman–Crippen LogP) is 0.534. The summed E-state index contributed by atoms with van der Waals surface area (Å²) >= 11 is 0. The molecule has 1 amide bonds. The minimum absolute atomic E-state index is 0.236. The van der Waals surface area contributed by atoms with E-state index < -0.39 is 5.97 Å². The molecule has 2 aromatic rings. The van der Waals surface area contributed by atoms with Crippen molar-refractivity contribution in [2.45, 2.75) is 20.0 Å². The van der Waals surface area contributed by atoms with Crippen molar-refractivity contribution in [3.63, 3.8) is 0 Å². The maximum atomic E-state index is 12.0. The van der Waals surface area contributed by atoms with Gasteiger partial charge in [0.1, 0.15) is 12.2 Å². The molecule has 0 unspecified atom stereocenters. The number of aromatic nitrogens is 3. The Bertz CT molecular complexity index is 600. The number of nitrogens with one attached hydrogen (secondary N) is 2. The lowest BCUT2D eigenvalue weighted by atomic mass is 10.2. The van der Waals surface area contributed by atoms with Crippen molar-refractivity contribution in [1.29, 1.82) is 0 Å². The third-order valence-corrected chi connectivity index (χ3v) is 2.74. The molecule has 0 radical (unpaired) electrons. The number of aliphatic carboxylic acids is 1. The lowest BCUT2D eigenvalue weighted by Gasteiger charge is -2.07. The first-order chi connectivity index (χ1) is 9.08. The van der Waals surface area contributed by atoms with Gasteiger partial charge in [-0.2, -0.15) is 5.10 Å². The fourth-order valence-electron chi connectivity index (χ4n) is 1.72. The largest absolute Gasteiger partial charge is 0.480 e. The number of aromatic amines is 1. The molecule has 0 bridgehead atoms. The number of carboxylic acid groups (broad SMARTS) is 1. The summed E-state index contributed by atoms with van der Waals surface area (Å²) in [5.41, 5.74) is 2.11. The third-order valence-electron chi connectivity index (χ3n) is 2.74. The van der Waals surface area contributed by atoms with E-state index in [0.29, 0.717) is 12.2 Å². The monoisotopic (exact) mass is 262 g/mol. The molecule has 3 N–H and O–H groups in total. The normalized spacial score (nSPS) is 10.4. The standard InChI is InChI=1S/C12H14N4O3/c1-8-9(6-14-15-8)5-13-12(19)10-3-2-4-16(10)7-11(17)18/h2-4,6H,5,7H2,1H3,(H,13,19)(H,14,15)(H,17,18). The zero-order chi connectivity index (χ0) is 13.8. The van der Waals surface area contributed by atoms with E-state index in [9.17, 15) is 9.59 Å². The maximum absolute atomic E-state index is 12.0.